The van der Waals surface area contributed by atoms with Gasteiger partial charge in [-0.25, -0.2) is 4.79 Å². The summed E-state index contributed by atoms with van der Waals surface area (Å²) in [5.74, 6) is 0. The molecule has 0 fully saturated rings. The number of nitrogens with one attached hydrogen (secondary N) is 1. The molecule has 0 unspecified atom stereocenters. The van der Waals surface area contributed by atoms with Crippen molar-refractivity contribution in [1.82, 2.24) is 0 Å². The fourth-order valence-corrected chi connectivity index (χ4v) is 0.800. The summed E-state index contributed by atoms with van der Waals surface area (Å²) in [6.45, 7) is 3.55. The van der Waals surface area contributed by atoms with Gasteiger partial charge in [-0.15, -0.1) is 0 Å². The third-order valence-corrected chi connectivity index (χ3v) is 1.34. The molecule has 0 atom stereocenters. The summed E-state index contributed by atoms with van der Waals surface area (Å²) in [5, 5.41) is 2.51. The van der Waals surface area contributed by atoms with Crippen molar-refractivity contribution in [3.05, 3.63) is 30.3 Å². The Balaban J connectivity index is 2.35. The number of hydrogen-bond donors (Lipinski definition) is 1. The molecule has 14 heavy (non-hydrogen) atoms. The molecule has 1 N–H and O–H groups in total. The molecule has 76 valence electrons. The maximum absolute atomic E-state index is 11.1. The molecule has 0 aromatic heterocycles. The second-order valence-electron chi connectivity index (χ2n) is 3.01. The zero-order valence-corrected chi connectivity index (χ0v) is 8.19. The van der Waals surface area contributed by atoms with Gasteiger partial charge in [-0.3, -0.25) is 10.2 Å². The van der Waals surface area contributed by atoms with Gasteiger partial charge in [-0.05, 0) is 26.0 Å². The van der Waals surface area contributed by atoms with Gasteiger partial charge in [0, 0.05) is 5.69 Å². The minimum atomic E-state index is -0.620. The molecule has 0 saturated heterocycles. The maximum Gasteiger partial charge on any atom is 0.443 e. The van der Waals surface area contributed by atoms with E-state index in [0.717, 1.165) is 0 Å². The number of anilines is 1. The molecule has 1 rings (SSSR count). The summed E-state index contributed by atoms with van der Waals surface area (Å²) >= 11 is 0. The average molecular weight is 195 g/mol. The van der Waals surface area contributed by atoms with Crippen LogP contribution in [-0.2, 0) is 9.78 Å². The molecule has 4 heteroatoms. The topological polar surface area (TPSA) is 47.6 Å². The van der Waals surface area contributed by atoms with Crippen molar-refractivity contribution >= 4 is 11.8 Å². The Labute approximate surface area is 82.8 Å². The number of hydrogen-bond acceptors (Lipinski definition) is 3. The van der Waals surface area contributed by atoms with Crippen LogP contribution in [0.3, 0.4) is 0 Å². The molecule has 4 nitrogen and oxygen atoms in total. The van der Waals surface area contributed by atoms with Crippen LogP contribution in [0, 0.1) is 0 Å². The van der Waals surface area contributed by atoms with Crippen LogP contribution in [0.5, 0.6) is 0 Å². The highest BCUT2D eigenvalue weighted by molar-refractivity contribution is 5.83. The first kappa shape index (κ1) is 10.5. The number of benzene rings is 1. The van der Waals surface area contributed by atoms with E-state index >= 15 is 0 Å². The zero-order valence-electron chi connectivity index (χ0n) is 8.19. The van der Waals surface area contributed by atoms with Crippen molar-refractivity contribution in [3.63, 3.8) is 0 Å². The van der Waals surface area contributed by atoms with E-state index in [2.05, 4.69) is 15.1 Å². The Bertz CT molecular complexity index is 285. The lowest BCUT2D eigenvalue weighted by Gasteiger charge is -2.07. The third-order valence-electron chi connectivity index (χ3n) is 1.34. The average Bonchev–Trinajstić information content (AvgIpc) is 2.16. The van der Waals surface area contributed by atoms with Gasteiger partial charge < -0.3 is 0 Å². The van der Waals surface area contributed by atoms with Crippen LogP contribution in [0.15, 0.2) is 30.3 Å². The summed E-state index contributed by atoms with van der Waals surface area (Å²) in [4.78, 5) is 20.2. The summed E-state index contributed by atoms with van der Waals surface area (Å²) < 4.78 is 0. The first-order valence-electron chi connectivity index (χ1n) is 4.38. The standard InChI is InChI=1S/C10H13NO3/c1-8(2)13-14-10(12)11-9-6-4-3-5-7-9/h3-8H,1-2H3,(H,11,12). The molecule has 0 bridgehead atoms. The van der Waals surface area contributed by atoms with Crippen LogP contribution >= 0.6 is 0 Å². The minimum Gasteiger partial charge on any atom is -0.289 e. The van der Waals surface area contributed by atoms with Crippen molar-refractivity contribution in [3.8, 4) is 0 Å². The summed E-state index contributed by atoms with van der Waals surface area (Å²) in [6, 6.07) is 9.02. The van der Waals surface area contributed by atoms with E-state index in [1.807, 2.05) is 18.2 Å². The van der Waals surface area contributed by atoms with E-state index in [-0.39, 0.29) is 6.10 Å². The Morgan fingerprint density at radius 2 is 1.93 bits per heavy atom. The van der Waals surface area contributed by atoms with Gasteiger partial charge in [0.2, 0.25) is 0 Å². The highest BCUT2D eigenvalue weighted by Crippen LogP contribution is 2.05. The van der Waals surface area contributed by atoms with Gasteiger partial charge in [-0.2, -0.15) is 4.89 Å². The Hall–Kier alpha value is -1.55. The Kier molecular flexibility index (Phi) is 3.94. The molecule has 0 aliphatic heterocycles. The summed E-state index contributed by atoms with van der Waals surface area (Å²) in [5.41, 5.74) is 0.671. The van der Waals surface area contributed by atoms with Crippen LogP contribution in [0.2, 0.25) is 0 Å². The lowest BCUT2D eigenvalue weighted by Crippen LogP contribution is -2.16. The van der Waals surface area contributed by atoms with Gasteiger partial charge in [0.25, 0.3) is 0 Å². The van der Waals surface area contributed by atoms with Gasteiger partial charge in [0.05, 0.1) is 6.10 Å². The molecule has 0 aliphatic rings. The molecule has 1 amide bonds. The number of para-hydroxylation sites is 1. The number of rotatable bonds is 3. The molecule has 1 aromatic rings. The van der Waals surface area contributed by atoms with Crippen LogP contribution < -0.4 is 5.32 Å². The minimum absolute atomic E-state index is 0.142. The van der Waals surface area contributed by atoms with Crippen molar-refractivity contribution in [1.29, 1.82) is 0 Å². The predicted octanol–water partition coefficient (Wildman–Crippen LogP) is 2.58. The SMILES string of the molecule is CC(C)OOC(=O)Nc1ccccc1. The Morgan fingerprint density at radius 1 is 1.29 bits per heavy atom. The lowest BCUT2D eigenvalue weighted by molar-refractivity contribution is -0.260. The fourth-order valence-electron chi connectivity index (χ4n) is 0.800. The summed E-state index contributed by atoms with van der Waals surface area (Å²) in [7, 11) is 0. The smallest absolute Gasteiger partial charge is 0.289 e. The number of carbonyl (C=O) groups excluding carboxylic acids is 1. The van der Waals surface area contributed by atoms with Gasteiger partial charge >= 0.3 is 6.09 Å². The van der Waals surface area contributed by atoms with Crippen molar-refractivity contribution in [2.24, 2.45) is 0 Å². The van der Waals surface area contributed by atoms with E-state index in [4.69, 9.17) is 0 Å². The number of carbonyl (C=O) groups is 1. The van der Waals surface area contributed by atoms with E-state index in [1.54, 1.807) is 26.0 Å². The van der Waals surface area contributed by atoms with Crippen LogP contribution in [-0.4, -0.2) is 12.2 Å². The van der Waals surface area contributed by atoms with Gasteiger partial charge in [-0.1, -0.05) is 18.2 Å². The highest BCUT2D eigenvalue weighted by atomic mass is 17.2. The molecular weight excluding hydrogens is 182 g/mol. The molecular formula is C10H13NO3. The maximum atomic E-state index is 11.1. The van der Waals surface area contributed by atoms with E-state index in [1.165, 1.54) is 0 Å². The normalized spacial score (nSPS) is 9.93. The molecule has 0 radical (unpaired) electrons. The second kappa shape index (κ2) is 5.24. The first-order valence-corrected chi connectivity index (χ1v) is 4.38. The molecule has 1 aromatic carbocycles. The van der Waals surface area contributed by atoms with Crippen molar-refractivity contribution in [2.45, 2.75) is 20.0 Å². The highest BCUT2D eigenvalue weighted by Gasteiger charge is 2.04. The van der Waals surface area contributed by atoms with E-state index < -0.39 is 6.09 Å². The molecule has 0 heterocycles. The lowest BCUT2D eigenvalue weighted by atomic mass is 10.3. The molecule has 0 saturated carbocycles. The first-order chi connectivity index (χ1) is 6.68. The molecule has 0 aliphatic carbocycles. The van der Waals surface area contributed by atoms with Crippen LogP contribution in [0.4, 0.5) is 10.5 Å². The van der Waals surface area contributed by atoms with Crippen molar-refractivity contribution < 1.29 is 14.6 Å². The predicted molar refractivity (Wildman–Crippen MR) is 52.8 cm³/mol. The second-order valence-corrected chi connectivity index (χ2v) is 3.01. The number of amides is 1. The van der Waals surface area contributed by atoms with Crippen LogP contribution in [0.1, 0.15) is 13.8 Å². The van der Waals surface area contributed by atoms with Crippen molar-refractivity contribution in [2.75, 3.05) is 5.32 Å². The van der Waals surface area contributed by atoms with Crippen LogP contribution in [0.25, 0.3) is 0 Å². The molecule has 0 spiro atoms. The monoisotopic (exact) mass is 195 g/mol. The van der Waals surface area contributed by atoms with Gasteiger partial charge in [0.1, 0.15) is 0 Å². The fraction of sp³-hybridized carbons (Fsp3) is 0.300. The Morgan fingerprint density at radius 3 is 2.50 bits per heavy atom. The quantitative estimate of drug-likeness (QED) is 0.595. The third kappa shape index (κ3) is 3.91. The summed E-state index contributed by atoms with van der Waals surface area (Å²) in [6.07, 6.45) is -0.763. The van der Waals surface area contributed by atoms with Gasteiger partial charge in [0.15, 0.2) is 0 Å². The van der Waals surface area contributed by atoms with E-state index in [9.17, 15) is 4.79 Å². The van der Waals surface area contributed by atoms with E-state index in [0.29, 0.717) is 5.69 Å². The zero-order chi connectivity index (χ0) is 10.4. The largest absolute Gasteiger partial charge is 0.443 e.